The van der Waals surface area contributed by atoms with Gasteiger partial charge in [0, 0.05) is 10.6 Å². The minimum atomic E-state index is -0.0660. The van der Waals surface area contributed by atoms with E-state index < -0.39 is 0 Å². The van der Waals surface area contributed by atoms with Crippen LogP contribution in [-0.2, 0) is 11.3 Å². The molecule has 2 aromatic rings. The number of carbonyl (C=O) groups excluding carboxylic acids is 1. The van der Waals surface area contributed by atoms with Crippen LogP contribution in [-0.4, -0.2) is 11.8 Å². The molecule has 0 N–H and O–H groups in total. The van der Waals surface area contributed by atoms with Gasteiger partial charge in [-0.3, -0.25) is 4.79 Å². The normalized spacial score (nSPS) is 10.5. The summed E-state index contributed by atoms with van der Waals surface area (Å²) in [4.78, 5) is 15.0. The van der Waals surface area contributed by atoms with Crippen molar-refractivity contribution in [1.29, 1.82) is 0 Å². The molecule has 0 fully saturated rings. The Morgan fingerprint density at radius 1 is 1.32 bits per heavy atom. The number of rotatable bonds is 4. The molecule has 0 aliphatic rings. The smallest absolute Gasteiger partial charge is 0.242 e. The number of thiophene rings is 1. The van der Waals surface area contributed by atoms with Crippen LogP contribution in [0, 0.1) is 13.8 Å². The fourth-order valence-electron chi connectivity index (χ4n) is 1.95. The van der Waals surface area contributed by atoms with E-state index in [2.05, 4.69) is 0 Å². The fourth-order valence-corrected chi connectivity index (χ4v) is 2.79. The summed E-state index contributed by atoms with van der Waals surface area (Å²) in [6.45, 7) is 4.61. The van der Waals surface area contributed by atoms with Crippen molar-refractivity contribution in [2.75, 3.05) is 10.8 Å². The summed E-state index contributed by atoms with van der Waals surface area (Å²) in [6, 6.07) is 10.1. The first kappa shape index (κ1) is 14.1. The number of hydrogen-bond donors (Lipinski definition) is 0. The summed E-state index contributed by atoms with van der Waals surface area (Å²) in [7, 11) is 0. The molecule has 2 rings (SSSR count). The molecule has 1 aromatic heterocycles. The van der Waals surface area contributed by atoms with Crippen molar-refractivity contribution in [3.63, 3.8) is 0 Å². The minimum Gasteiger partial charge on any atom is -0.306 e. The number of hydrogen-bond acceptors (Lipinski definition) is 2. The van der Waals surface area contributed by atoms with Gasteiger partial charge in [0.05, 0.1) is 6.54 Å². The molecule has 19 heavy (non-hydrogen) atoms. The number of carbonyl (C=O) groups is 1. The number of benzene rings is 1. The SMILES string of the molecule is Cc1ccc(C)c(N(Cc2cccs2)C(=O)CCl)c1. The highest BCUT2D eigenvalue weighted by molar-refractivity contribution is 7.09. The third kappa shape index (κ3) is 3.37. The molecular formula is C15H16ClNOS. The van der Waals surface area contributed by atoms with Gasteiger partial charge in [0.2, 0.25) is 5.91 Å². The highest BCUT2D eigenvalue weighted by Gasteiger charge is 2.17. The van der Waals surface area contributed by atoms with Crippen LogP contribution >= 0.6 is 22.9 Å². The first-order valence-corrected chi connectivity index (χ1v) is 7.49. The summed E-state index contributed by atoms with van der Waals surface area (Å²) in [5.74, 6) is -0.0672. The molecule has 0 saturated carbocycles. The summed E-state index contributed by atoms with van der Waals surface area (Å²) in [5, 5.41) is 2.02. The van der Waals surface area contributed by atoms with Crippen molar-refractivity contribution in [1.82, 2.24) is 0 Å². The Morgan fingerprint density at radius 3 is 2.74 bits per heavy atom. The second kappa shape index (κ2) is 6.22. The summed E-state index contributed by atoms with van der Waals surface area (Å²) < 4.78 is 0. The molecule has 0 saturated heterocycles. The molecule has 0 unspecified atom stereocenters. The van der Waals surface area contributed by atoms with Crippen LogP contribution in [0.1, 0.15) is 16.0 Å². The van der Waals surface area contributed by atoms with E-state index in [0.29, 0.717) is 6.54 Å². The molecule has 1 heterocycles. The van der Waals surface area contributed by atoms with Gasteiger partial charge in [-0.2, -0.15) is 0 Å². The Hall–Kier alpha value is -1.32. The van der Waals surface area contributed by atoms with Crippen LogP contribution < -0.4 is 4.90 Å². The molecule has 4 heteroatoms. The summed E-state index contributed by atoms with van der Waals surface area (Å²) >= 11 is 7.39. The Kier molecular flexibility index (Phi) is 4.61. The van der Waals surface area contributed by atoms with E-state index in [1.165, 1.54) is 0 Å². The lowest BCUT2D eigenvalue weighted by molar-refractivity contribution is -0.116. The molecule has 2 nitrogen and oxygen atoms in total. The monoisotopic (exact) mass is 293 g/mol. The molecule has 0 atom stereocenters. The topological polar surface area (TPSA) is 20.3 Å². The van der Waals surface area contributed by atoms with Gasteiger partial charge in [-0.1, -0.05) is 18.2 Å². The summed E-state index contributed by atoms with van der Waals surface area (Å²) in [6.07, 6.45) is 0. The van der Waals surface area contributed by atoms with Gasteiger partial charge in [0.15, 0.2) is 0 Å². The Bertz CT molecular complexity index is 566. The average Bonchev–Trinajstić information content (AvgIpc) is 2.91. The van der Waals surface area contributed by atoms with E-state index in [1.807, 2.05) is 49.6 Å². The molecule has 0 radical (unpaired) electrons. The number of anilines is 1. The zero-order valence-corrected chi connectivity index (χ0v) is 12.6. The van der Waals surface area contributed by atoms with Gasteiger partial charge < -0.3 is 4.90 Å². The molecule has 100 valence electrons. The van der Waals surface area contributed by atoms with Crippen molar-refractivity contribution >= 4 is 34.5 Å². The maximum Gasteiger partial charge on any atom is 0.242 e. The maximum atomic E-state index is 12.1. The first-order chi connectivity index (χ1) is 9.11. The molecule has 0 spiro atoms. The molecule has 1 aromatic carbocycles. The van der Waals surface area contributed by atoms with E-state index in [9.17, 15) is 4.79 Å². The fraction of sp³-hybridized carbons (Fsp3) is 0.267. The van der Waals surface area contributed by atoms with Gasteiger partial charge in [0.25, 0.3) is 0 Å². The van der Waals surface area contributed by atoms with Crippen molar-refractivity contribution in [2.24, 2.45) is 0 Å². The number of alkyl halides is 1. The van der Waals surface area contributed by atoms with Crippen LogP contribution in [0.5, 0.6) is 0 Å². The van der Waals surface area contributed by atoms with Crippen molar-refractivity contribution in [2.45, 2.75) is 20.4 Å². The zero-order valence-electron chi connectivity index (χ0n) is 11.0. The van der Waals surface area contributed by atoms with E-state index in [4.69, 9.17) is 11.6 Å². The predicted molar refractivity (Wildman–Crippen MR) is 82.1 cm³/mol. The lowest BCUT2D eigenvalue weighted by Gasteiger charge is -2.23. The molecule has 0 aliphatic heterocycles. The van der Waals surface area contributed by atoms with Gasteiger partial charge in [-0.15, -0.1) is 22.9 Å². The lowest BCUT2D eigenvalue weighted by Crippen LogP contribution is -2.31. The molecule has 0 bridgehead atoms. The standard InChI is InChI=1S/C15H16ClNOS/c1-11-5-6-12(2)14(8-11)17(15(18)9-16)10-13-4-3-7-19-13/h3-8H,9-10H2,1-2H3. The minimum absolute atomic E-state index is 0.00123. The van der Waals surface area contributed by atoms with E-state index >= 15 is 0 Å². The second-order valence-corrected chi connectivity index (χ2v) is 5.78. The van der Waals surface area contributed by atoms with Crippen molar-refractivity contribution in [3.8, 4) is 0 Å². The van der Waals surface area contributed by atoms with Crippen molar-refractivity contribution in [3.05, 3.63) is 51.7 Å². The summed E-state index contributed by atoms with van der Waals surface area (Å²) in [5.41, 5.74) is 3.17. The van der Waals surface area contributed by atoms with Crippen LogP contribution in [0.25, 0.3) is 0 Å². The molecule has 1 amide bonds. The quantitative estimate of drug-likeness (QED) is 0.776. The highest BCUT2D eigenvalue weighted by atomic mass is 35.5. The number of halogens is 1. The third-order valence-electron chi connectivity index (χ3n) is 2.96. The predicted octanol–water partition coefficient (Wildman–Crippen LogP) is 4.14. The van der Waals surface area contributed by atoms with Crippen LogP contribution in [0.3, 0.4) is 0 Å². The number of nitrogens with zero attached hydrogens (tertiary/aromatic N) is 1. The molecular weight excluding hydrogens is 278 g/mol. The molecule has 0 aliphatic carbocycles. The average molecular weight is 294 g/mol. The van der Waals surface area contributed by atoms with Crippen LogP contribution in [0.4, 0.5) is 5.69 Å². The largest absolute Gasteiger partial charge is 0.306 e. The van der Waals surface area contributed by atoms with E-state index in [-0.39, 0.29) is 11.8 Å². The van der Waals surface area contributed by atoms with E-state index in [1.54, 1.807) is 16.2 Å². The third-order valence-corrected chi connectivity index (χ3v) is 4.05. The van der Waals surface area contributed by atoms with Gasteiger partial charge in [-0.05, 0) is 42.5 Å². The zero-order chi connectivity index (χ0) is 13.8. The number of aryl methyl sites for hydroxylation is 2. The number of amides is 1. The van der Waals surface area contributed by atoms with Gasteiger partial charge in [0.1, 0.15) is 5.88 Å². The maximum absolute atomic E-state index is 12.1. The van der Waals surface area contributed by atoms with Gasteiger partial charge >= 0.3 is 0 Å². The Balaban J connectivity index is 2.36. The van der Waals surface area contributed by atoms with E-state index in [0.717, 1.165) is 21.7 Å². The Morgan fingerprint density at radius 2 is 2.11 bits per heavy atom. The van der Waals surface area contributed by atoms with Crippen LogP contribution in [0.15, 0.2) is 35.7 Å². The highest BCUT2D eigenvalue weighted by Crippen LogP contribution is 2.25. The second-order valence-electron chi connectivity index (χ2n) is 4.48. The first-order valence-electron chi connectivity index (χ1n) is 6.08. The van der Waals surface area contributed by atoms with Crippen molar-refractivity contribution < 1.29 is 4.79 Å². The Labute approximate surface area is 122 Å². The van der Waals surface area contributed by atoms with Gasteiger partial charge in [-0.25, -0.2) is 0 Å². The van der Waals surface area contributed by atoms with Crippen LogP contribution in [0.2, 0.25) is 0 Å². The lowest BCUT2D eigenvalue weighted by atomic mass is 10.1.